The van der Waals surface area contributed by atoms with Crippen molar-refractivity contribution in [3.05, 3.63) is 148 Å². The molecule has 0 fully saturated rings. The number of hydrogen-bond donors (Lipinski definition) is 2. The van der Waals surface area contributed by atoms with E-state index in [-0.39, 0.29) is 45.2 Å². The number of nitrogens with zero attached hydrogens (tertiary/aromatic N) is 2. The van der Waals surface area contributed by atoms with E-state index in [4.69, 9.17) is 9.47 Å². The molecule has 0 bridgehead atoms. The lowest BCUT2D eigenvalue weighted by Crippen LogP contribution is -2.13. The Morgan fingerprint density at radius 1 is 0.378 bits per heavy atom. The maximum Gasteiger partial charge on any atom is 0.147 e. The first-order chi connectivity index (χ1) is 34.5. The molecule has 6 nitrogen and oxygen atoms in total. The molecule has 0 aliphatic carbocycles. The number of aromatic nitrogens is 2. The summed E-state index contributed by atoms with van der Waals surface area (Å²) in [4.78, 5) is 0. The van der Waals surface area contributed by atoms with Crippen LogP contribution in [0.3, 0.4) is 0 Å². The molecule has 0 radical (unpaired) electrons. The second-order valence-corrected chi connectivity index (χ2v) is 26.2. The Morgan fingerprint density at radius 3 is 0.973 bits per heavy atom. The SMILES string of the molecule is CCOCCOc1c(-c2cc(C)cc(-n3c4ccc(C(C)(C)C)cc4c4cc(C(C)(C)C)ccc43)c2O)cc(C(C)(C)C)cc1-c1cc(C)cc(-n2c3ccc(C(C)(C)C)cc3c3cc(C(C)(C)C)ccc32)c1O. The van der Waals surface area contributed by atoms with Crippen molar-refractivity contribution in [2.24, 2.45) is 0 Å². The van der Waals surface area contributed by atoms with E-state index in [1.807, 2.05) is 6.92 Å². The molecule has 0 aliphatic heterocycles. The van der Waals surface area contributed by atoms with Gasteiger partial charge in [-0.15, -0.1) is 0 Å². The number of benzene rings is 7. The standard InChI is InChI=1S/C68H80N2O4/c1-19-73-28-29-74-63-53(51-30-40(2)32-59(61(51)71)69-55-24-20-42(64(4,5)6)34-47(55)48-35-43(65(7,8)9)21-25-56(48)69)38-46(68(16,17)18)39-54(63)52-31-41(3)33-60(62(52)72)70-57-26-22-44(66(10,11)12)36-49(57)50-37-45(67(13,14)15)23-27-58(50)70/h20-27,30-39,71-72H,19,28-29H2,1-18H3. The van der Waals surface area contributed by atoms with Gasteiger partial charge in [0.05, 0.1) is 40.0 Å². The molecule has 0 aliphatic rings. The van der Waals surface area contributed by atoms with E-state index < -0.39 is 0 Å². The van der Waals surface area contributed by atoms with Crippen molar-refractivity contribution in [3.8, 4) is 50.9 Å². The average molecular weight is 989 g/mol. The van der Waals surface area contributed by atoms with Crippen LogP contribution < -0.4 is 4.74 Å². The van der Waals surface area contributed by atoms with Gasteiger partial charge < -0.3 is 28.8 Å². The van der Waals surface area contributed by atoms with E-state index in [2.05, 4.69) is 236 Å². The Morgan fingerprint density at radius 2 is 0.689 bits per heavy atom. The number of phenolic OH excluding ortho intramolecular Hbond substituents is 2. The number of fused-ring (bicyclic) bond motifs is 6. The number of aryl methyl sites for hydroxylation is 2. The minimum atomic E-state index is -0.331. The van der Waals surface area contributed by atoms with Crippen molar-refractivity contribution < 1.29 is 19.7 Å². The minimum Gasteiger partial charge on any atom is -0.505 e. The van der Waals surface area contributed by atoms with Crippen LogP contribution in [0.4, 0.5) is 0 Å². The van der Waals surface area contributed by atoms with Gasteiger partial charge in [0, 0.05) is 50.4 Å². The van der Waals surface area contributed by atoms with E-state index >= 15 is 0 Å². The van der Waals surface area contributed by atoms with Gasteiger partial charge >= 0.3 is 0 Å². The van der Waals surface area contributed by atoms with Crippen LogP contribution in [-0.2, 0) is 31.8 Å². The zero-order chi connectivity index (χ0) is 53.8. The summed E-state index contributed by atoms with van der Waals surface area (Å²) in [5.74, 6) is 0.851. The molecular formula is C68H80N2O4. The summed E-state index contributed by atoms with van der Waals surface area (Å²) in [5.41, 5.74) is 15.7. The normalized spacial score (nSPS) is 13.1. The number of rotatable bonds is 9. The number of hydrogen-bond acceptors (Lipinski definition) is 4. The predicted molar refractivity (Wildman–Crippen MR) is 314 cm³/mol. The predicted octanol–water partition coefficient (Wildman–Crippen LogP) is 18.1. The minimum absolute atomic E-state index is 0.0561. The second kappa shape index (κ2) is 18.4. The van der Waals surface area contributed by atoms with Crippen LogP contribution in [0, 0.1) is 13.8 Å². The fraction of sp³-hybridized carbons (Fsp3) is 0.382. The summed E-state index contributed by atoms with van der Waals surface area (Å²) >= 11 is 0. The largest absolute Gasteiger partial charge is 0.505 e. The number of ether oxygens (including phenoxy) is 2. The average Bonchev–Trinajstić information content (AvgIpc) is 3.81. The van der Waals surface area contributed by atoms with Gasteiger partial charge in [-0.1, -0.05) is 128 Å². The van der Waals surface area contributed by atoms with Crippen molar-refractivity contribution in [2.75, 3.05) is 19.8 Å². The monoisotopic (exact) mass is 989 g/mol. The smallest absolute Gasteiger partial charge is 0.147 e. The molecule has 74 heavy (non-hydrogen) atoms. The first kappa shape index (κ1) is 52.4. The van der Waals surface area contributed by atoms with Crippen LogP contribution in [-0.4, -0.2) is 39.2 Å². The summed E-state index contributed by atoms with van der Waals surface area (Å²) in [6.07, 6.45) is 0. The van der Waals surface area contributed by atoms with E-state index in [9.17, 15) is 10.2 Å². The quantitative estimate of drug-likeness (QED) is 0.141. The van der Waals surface area contributed by atoms with Crippen molar-refractivity contribution in [1.29, 1.82) is 0 Å². The molecule has 0 unspecified atom stereocenters. The van der Waals surface area contributed by atoms with Gasteiger partial charge in [-0.2, -0.15) is 0 Å². The van der Waals surface area contributed by atoms with E-state index in [0.29, 0.717) is 41.5 Å². The fourth-order valence-electron chi connectivity index (χ4n) is 10.7. The molecule has 0 amide bonds. The molecular weight excluding hydrogens is 909 g/mol. The Bertz CT molecular complexity index is 3290. The lowest BCUT2D eigenvalue weighted by atomic mass is 9.82. The van der Waals surface area contributed by atoms with Crippen LogP contribution in [0.15, 0.2) is 109 Å². The summed E-state index contributed by atoms with van der Waals surface area (Å²) in [6.45, 7) is 41.1. The van der Waals surface area contributed by atoms with Crippen LogP contribution in [0.5, 0.6) is 17.2 Å². The van der Waals surface area contributed by atoms with Gasteiger partial charge in [-0.25, -0.2) is 0 Å². The topological polar surface area (TPSA) is 68.8 Å². The van der Waals surface area contributed by atoms with Crippen LogP contribution >= 0.6 is 0 Å². The second-order valence-electron chi connectivity index (χ2n) is 26.2. The third kappa shape index (κ3) is 9.48. The Balaban J connectivity index is 1.34. The fourth-order valence-corrected chi connectivity index (χ4v) is 10.7. The molecule has 0 spiro atoms. The van der Waals surface area contributed by atoms with Crippen LogP contribution in [0.25, 0.3) is 77.2 Å². The summed E-state index contributed by atoms with van der Waals surface area (Å²) in [6, 6.07) is 39.8. The zero-order valence-corrected chi connectivity index (χ0v) is 47.6. The molecule has 2 aromatic heterocycles. The van der Waals surface area contributed by atoms with Gasteiger partial charge in [0.25, 0.3) is 0 Å². The van der Waals surface area contributed by atoms with Gasteiger partial charge in [0.1, 0.15) is 23.9 Å². The molecule has 7 aromatic carbocycles. The maximum atomic E-state index is 13.2. The molecule has 2 heterocycles. The maximum absolute atomic E-state index is 13.2. The molecule has 0 saturated carbocycles. The van der Waals surface area contributed by atoms with Crippen molar-refractivity contribution in [2.45, 2.75) is 152 Å². The van der Waals surface area contributed by atoms with E-state index in [1.165, 1.54) is 22.3 Å². The van der Waals surface area contributed by atoms with Gasteiger partial charge in [0.15, 0.2) is 0 Å². The van der Waals surface area contributed by atoms with Gasteiger partial charge in [0.2, 0.25) is 0 Å². The molecule has 0 saturated heterocycles. The molecule has 2 N–H and O–H groups in total. The van der Waals surface area contributed by atoms with E-state index in [1.54, 1.807) is 0 Å². The lowest BCUT2D eigenvalue weighted by molar-refractivity contribution is 0.110. The Labute approximate surface area is 441 Å². The van der Waals surface area contributed by atoms with Gasteiger partial charge in [-0.05, 0) is 172 Å². The highest BCUT2D eigenvalue weighted by molar-refractivity contribution is 6.11. The van der Waals surface area contributed by atoms with Crippen LogP contribution in [0.1, 0.15) is 150 Å². The molecule has 9 rings (SSSR count). The summed E-state index contributed by atoms with van der Waals surface area (Å²) in [5, 5.41) is 30.9. The molecule has 9 aromatic rings. The lowest BCUT2D eigenvalue weighted by Gasteiger charge is -2.26. The zero-order valence-electron chi connectivity index (χ0n) is 47.6. The molecule has 386 valence electrons. The van der Waals surface area contributed by atoms with Crippen molar-refractivity contribution in [1.82, 2.24) is 9.13 Å². The Kier molecular flexibility index (Phi) is 13.0. The van der Waals surface area contributed by atoms with Crippen molar-refractivity contribution >= 4 is 43.6 Å². The molecule has 6 heteroatoms. The highest BCUT2D eigenvalue weighted by Crippen LogP contribution is 2.51. The van der Waals surface area contributed by atoms with Crippen LogP contribution in [0.2, 0.25) is 0 Å². The first-order valence-corrected chi connectivity index (χ1v) is 26.7. The Hall–Kier alpha value is -6.50. The third-order valence-corrected chi connectivity index (χ3v) is 15.2. The van der Waals surface area contributed by atoms with Crippen molar-refractivity contribution in [3.63, 3.8) is 0 Å². The molecule has 0 atom stereocenters. The number of phenols is 2. The highest BCUT2D eigenvalue weighted by atomic mass is 16.5. The first-order valence-electron chi connectivity index (χ1n) is 26.7. The summed E-state index contributed by atoms with van der Waals surface area (Å²) < 4.78 is 17.4. The van der Waals surface area contributed by atoms with E-state index in [0.717, 1.165) is 71.4 Å². The highest BCUT2D eigenvalue weighted by Gasteiger charge is 2.30. The summed E-state index contributed by atoms with van der Waals surface area (Å²) in [7, 11) is 0. The third-order valence-electron chi connectivity index (χ3n) is 15.2. The number of aromatic hydroxyl groups is 2. The van der Waals surface area contributed by atoms with Gasteiger partial charge in [-0.3, -0.25) is 0 Å².